The number of allylic oxidation sites excluding steroid dienone is 2. The highest BCUT2D eigenvalue weighted by Gasteiger charge is 2.38. The van der Waals surface area contributed by atoms with Crippen LogP contribution in [0.5, 0.6) is 0 Å². The smallest absolute Gasteiger partial charge is 0.0688 e. The van der Waals surface area contributed by atoms with Gasteiger partial charge in [-0.1, -0.05) is 58.3 Å². The van der Waals surface area contributed by atoms with Gasteiger partial charge >= 0.3 is 0 Å². The van der Waals surface area contributed by atoms with E-state index in [0.29, 0.717) is 5.92 Å². The highest BCUT2D eigenvalue weighted by molar-refractivity contribution is 5.94. The van der Waals surface area contributed by atoms with E-state index in [1.54, 1.807) is 0 Å². The second kappa shape index (κ2) is 5.70. The third-order valence-electron chi connectivity index (χ3n) is 3.82. The van der Waals surface area contributed by atoms with E-state index in [1.807, 2.05) is 0 Å². The fraction of sp³-hybridized carbons (Fsp3) is 0.800. The van der Waals surface area contributed by atoms with Crippen LogP contribution >= 0.6 is 0 Å². The maximum absolute atomic E-state index is 9.38. The molecule has 0 aromatic carbocycles. The zero-order valence-corrected chi connectivity index (χ0v) is 12.8. The maximum Gasteiger partial charge on any atom is 0.0688 e. The number of hydrogen-bond acceptors (Lipinski definition) is 2. The lowest BCUT2D eigenvalue weighted by Gasteiger charge is -2.38. The molecule has 0 unspecified atom stereocenters. The average molecular weight is 239 g/mol. The Balaban J connectivity index is 5.21. The molecule has 0 aromatic rings. The standard InChI is InChI=1S/C15H29NO/c1-11(2)9-10-14(5,6)13(16-17)15(7,8)12(3)4/h9,12,17H,10H2,1-8H3. The molecule has 1 N–H and O–H groups in total. The van der Waals surface area contributed by atoms with Gasteiger partial charge in [0.25, 0.3) is 0 Å². The van der Waals surface area contributed by atoms with Crippen LogP contribution in [0.15, 0.2) is 16.8 Å². The van der Waals surface area contributed by atoms with Gasteiger partial charge in [-0.2, -0.15) is 0 Å². The highest BCUT2D eigenvalue weighted by Crippen LogP contribution is 2.38. The number of hydrogen-bond donors (Lipinski definition) is 1. The van der Waals surface area contributed by atoms with Crippen LogP contribution in [0, 0.1) is 16.7 Å². The van der Waals surface area contributed by atoms with Crippen molar-refractivity contribution in [1.29, 1.82) is 0 Å². The van der Waals surface area contributed by atoms with E-state index in [-0.39, 0.29) is 10.8 Å². The van der Waals surface area contributed by atoms with Crippen molar-refractivity contribution in [2.45, 2.75) is 61.8 Å². The minimum atomic E-state index is -0.111. The van der Waals surface area contributed by atoms with E-state index in [1.165, 1.54) is 5.57 Å². The molecule has 0 spiro atoms. The molecule has 0 saturated carbocycles. The Labute approximate surface area is 107 Å². The lowest BCUT2D eigenvalue weighted by molar-refractivity contribution is 0.267. The van der Waals surface area contributed by atoms with Gasteiger partial charge in [0, 0.05) is 10.8 Å². The Morgan fingerprint density at radius 1 is 1.18 bits per heavy atom. The van der Waals surface area contributed by atoms with E-state index >= 15 is 0 Å². The molecule has 0 aromatic heterocycles. The zero-order chi connectivity index (χ0) is 13.9. The molecule has 0 saturated heterocycles. The summed E-state index contributed by atoms with van der Waals surface area (Å²) < 4.78 is 0. The molecule has 0 atom stereocenters. The van der Waals surface area contributed by atoms with Crippen LogP contribution in [0.1, 0.15) is 61.8 Å². The summed E-state index contributed by atoms with van der Waals surface area (Å²) in [7, 11) is 0. The van der Waals surface area contributed by atoms with Gasteiger partial charge in [0.1, 0.15) is 0 Å². The molecule has 0 fully saturated rings. The SMILES string of the molecule is CC(C)=CCC(C)(C)C(=NO)C(C)(C)C(C)C. The van der Waals surface area contributed by atoms with E-state index in [0.717, 1.165) is 12.1 Å². The Morgan fingerprint density at radius 2 is 1.65 bits per heavy atom. The van der Waals surface area contributed by atoms with Crippen LogP contribution < -0.4 is 0 Å². The predicted molar refractivity (Wildman–Crippen MR) is 75.7 cm³/mol. The van der Waals surface area contributed by atoms with Crippen molar-refractivity contribution in [3.63, 3.8) is 0 Å². The minimum Gasteiger partial charge on any atom is -0.411 e. The molecular weight excluding hydrogens is 210 g/mol. The van der Waals surface area contributed by atoms with Crippen LogP contribution in [-0.4, -0.2) is 10.9 Å². The molecular formula is C15H29NO. The van der Waals surface area contributed by atoms with E-state index in [9.17, 15) is 5.21 Å². The maximum atomic E-state index is 9.38. The molecule has 0 bridgehead atoms. The van der Waals surface area contributed by atoms with Gasteiger partial charge in [0.05, 0.1) is 5.71 Å². The summed E-state index contributed by atoms with van der Waals surface area (Å²) in [5, 5.41) is 13.0. The molecule has 0 rings (SSSR count). The fourth-order valence-electron chi connectivity index (χ4n) is 1.97. The number of oxime groups is 1. The van der Waals surface area contributed by atoms with Crippen LogP contribution in [-0.2, 0) is 0 Å². The first-order valence-corrected chi connectivity index (χ1v) is 6.42. The first-order chi connectivity index (χ1) is 7.55. The molecule has 100 valence electrons. The van der Waals surface area contributed by atoms with Crippen LogP contribution in [0.25, 0.3) is 0 Å². The van der Waals surface area contributed by atoms with Crippen molar-refractivity contribution in [3.8, 4) is 0 Å². The fourth-order valence-corrected chi connectivity index (χ4v) is 1.97. The normalized spacial score (nSPS) is 14.1. The molecule has 0 aliphatic rings. The van der Waals surface area contributed by atoms with Gasteiger partial charge in [0.15, 0.2) is 0 Å². The third kappa shape index (κ3) is 4.18. The molecule has 0 aliphatic carbocycles. The van der Waals surface area contributed by atoms with Crippen molar-refractivity contribution < 1.29 is 5.21 Å². The summed E-state index contributed by atoms with van der Waals surface area (Å²) in [5.41, 5.74) is 1.99. The van der Waals surface area contributed by atoms with Gasteiger partial charge in [-0.15, -0.1) is 0 Å². The Bertz CT molecular complexity index is 305. The summed E-state index contributed by atoms with van der Waals surface area (Å²) in [6.07, 6.45) is 3.12. The Kier molecular flexibility index (Phi) is 5.44. The van der Waals surface area contributed by atoms with Crippen LogP contribution in [0.3, 0.4) is 0 Å². The minimum absolute atomic E-state index is 0.0895. The van der Waals surface area contributed by atoms with Gasteiger partial charge in [-0.3, -0.25) is 0 Å². The molecule has 2 nitrogen and oxygen atoms in total. The van der Waals surface area contributed by atoms with Crippen molar-refractivity contribution in [3.05, 3.63) is 11.6 Å². The molecule has 0 heterocycles. The van der Waals surface area contributed by atoms with Crippen molar-refractivity contribution in [2.75, 3.05) is 0 Å². The van der Waals surface area contributed by atoms with E-state index in [2.05, 4.69) is 66.6 Å². The molecule has 0 radical (unpaired) electrons. The summed E-state index contributed by atoms with van der Waals surface area (Å²) in [4.78, 5) is 0. The summed E-state index contributed by atoms with van der Waals surface area (Å²) >= 11 is 0. The van der Waals surface area contributed by atoms with Gasteiger partial charge in [-0.05, 0) is 26.2 Å². The van der Waals surface area contributed by atoms with Crippen LogP contribution in [0.4, 0.5) is 0 Å². The van der Waals surface area contributed by atoms with Gasteiger partial charge < -0.3 is 5.21 Å². The van der Waals surface area contributed by atoms with Crippen LogP contribution in [0.2, 0.25) is 0 Å². The van der Waals surface area contributed by atoms with Crippen molar-refractivity contribution in [1.82, 2.24) is 0 Å². The summed E-state index contributed by atoms with van der Waals surface area (Å²) in [5.74, 6) is 0.444. The summed E-state index contributed by atoms with van der Waals surface area (Å²) in [6, 6.07) is 0. The topological polar surface area (TPSA) is 32.6 Å². The largest absolute Gasteiger partial charge is 0.411 e. The van der Waals surface area contributed by atoms with Gasteiger partial charge in [0.2, 0.25) is 0 Å². The van der Waals surface area contributed by atoms with Gasteiger partial charge in [-0.25, -0.2) is 0 Å². The molecule has 0 aliphatic heterocycles. The quantitative estimate of drug-likeness (QED) is 0.315. The molecule has 17 heavy (non-hydrogen) atoms. The Morgan fingerprint density at radius 3 is 1.94 bits per heavy atom. The number of rotatable bonds is 5. The van der Waals surface area contributed by atoms with E-state index in [4.69, 9.17) is 0 Å². The second-order valence-electron chi connectivity index (χ2n) is 6.69. The first-order valence-electron chi connectivity index (χ1n) is 6.42. The average Bonchev–Trinajstić information content (AvgIpc) is 2.14. The third-order valence-corrected chi connectivity index (χ3v) is 3.82. The lowest BCUT2D eigenvalue weighted by atomic mass is 9.66. The number of nitrogens with zero attached hydrogens (tertiary/aromatic N) is 1. The first kappa shape index (κ1) is 16.2. The second-order valence-corrected chi connectivity index (χ2v) is 6.69. The van der Waals surface area contributed by atoms with Crippen molar-refractivity contribution in [2.24, 2.45) is 21.9 Å². The molecule has 0 amide bonds. The predicted octanol–water partition coefficient (Wildman–Crippen LogP) is 4.88. The van der Waals surface area contributed by atoms with Crippen molar-refractivity contribution >= 4 is 5.71 Å². The summed E-state index contributed by atoms with van der Waals surface area (Å²) in [6.45, 7) is 17.1. The lowest BCUT2D eigenvalue weighted by Crippen LogP contribution is -2.40. The zero-order valence-electron chi connectivity index (χ0n) is 12.8. The molecule has 2 heteroatoms. The monoisotopic (exact) mass is 239 g/mol. The van der Waals surface area contributed by atoms with E-state index < -0.39 is 0 Å². The Hall–Kier alpha value is -0.790. The highest BCUT2D eigenvalue weighted by atomic mass is 16.4.